The van der Waals surface area contributed by atoms with E-state index in [-0.39, 0.29) is 5.82 Å². The Bertz CT molecular complexity index is 528. The van der Waals surface area contributed by atoms with Gasteiger partial charge in [-0.3, -0.25) is 0 Å². The molecule has 0 aliphatic carbocycles. The van der Waals surface area contributed by atoms with E-state index in [0.29, 0.717) is 6.61 Å². The van der Waals surface area contributed by atoms with Crippen LogP contribution in [0.4, 0.5) is 4.39 Å². The lowest BCUT2D eigenvalue weighted by Crippen LogP contribution is -1.96. The van der Waals surface area contributed by atoms with Crippen molar-refractivity contribution in [2.75, 3.05) is 6.26 Å². The highest BCUT2D eigenvalue weighted by Gasteiger charge is 2.04. The van der Waals surface area contributed by atoms with E-state index >= 15 is 0 Å². The summed E-state index contributed by atoms with van der Waals surface area (Å²) in [6.07, 6.45) is 2.01. The van der Waals surface area contributed by atoms with Crippen molar-refractivity contribution >= 4 is 27.7 Å². The Kier molecular flexibility index (Phi) is 4.66. The number of ether oxygens (including phenoxy) is 1. The molecule has 0 saturated carbocycles. The largest absolute Gasteiger partial charge is 0.488 e. The minimum Gasteiger partial charge on any atom is -0.488 e. The molecular formula is C14H12BrFOS. The standard InChI is InChI=1S/C14H12BrFOS/c1-18-14-8-11(15)4-7-13(14)17-9-10-2-5-12(16)6-3-10/h2-8H,9H2,1H3. The van der Waals surface area contributed by atoms with Gasteiger partial charge in [-0.25, -0.2) is 4.39 Å². The van der Waals surface area contributed by atoms with E-state index in [9.17, 15) is 4.39 Å². The van der Waals surface area contributed by atoms with E-state index < -0.39 is 0 Å². The van der Waals surface area contributed by atoms with Gasteiger partial charge in [0, 0.05) is 4.47 Å². The molecule has 0 aliphatic rings. The summed E-state index contributed by atoms with van der Waals surface area (Å²) in [5.74, 6) is 0.613. The predicted octanol–water partition coefficient (Wildman–Crippen LogP) is 4.89. The zero-order valence-corrected chi connectivity index (χ0v) is 12.2. The minimum absolute atomic E-state index is 0.229. The fourth-order valence-electron chi connectivity index (χ4n) is 1.50. The average Bonchev–Trinajstić information content (AvgIpc) is 2.39. The van der Waals surface area contributed by atoms with Gasteiger partial charge < -0.3 is 4.74 Å². The van der Waals surface area contributed by atoms with Crippen LogP contribution in [-0.2, 0) is 6.61 Å². The molecule has 0 aliphatic heterocycles. The van der Waals surface area contributed by atoms with Crippen LogP contribution in [0.3, 0.4) is 0 Å². The first-order chi connectivity index (χ1) is 8.69. The molecule has 1 nitrogen and oxygen atoms in total. The minimum atomic E-state index is -0.229. The van der Waals surface area contributed by atoms with E-state index in [1.54, 1.807) is 23.9 Å². The second kappa shape index (κ2) is 6.25. The Morgan fingerprint density at radius 3 is 2.56 bits per heavy atom. The van der Waals surface area contributed by atoms with Gasteiger partial charge in [0.1, 0.15) is 18.2 Å². The van der Waals surface area contributed by atoms with E-state index in [2.05, 4.69) is 15.9 Å². The summed E-state index contributed by atoms with van der Waals surface area (Å²) in [4.78, 5) is 1.08. The molecule has 0 heterocycles. The molecule has 18 heavy (non-hydrogen) atoms. The second-order valence-electron chi connectivity index (χ2n) is 3.71. The first-order valence-electron chi connectivity index (χ1n) is 5.40. The second-order valence-corrected chi connectivity index (χ2v) is 5.47. The molecule has 94 valence electrons. The highest BCUT2D eigenvalue weighted by molar-refractivity contribution is 9.10. The Labute approximate surface area is 118 Å². The van der Waals surface area contributed by atoms with Crippen LogP contribution in [0.1, 0.15) is 5.56 Å². The molecule has 0 atom stereocenters. The lowest BCUT2D eigenvalue weighted by molar-refractivity contribution is 0.298. The molecule has 0 radical (unpaired) electrons. The van der Waals surface area contributed by atoms with Crippen molar-refractivity contribution in [3.63, 3.8) is 0 Å². The van der Waals surface area contributed by atoms with Crippen molar-refractivity contribution in [3.8, 4) is 5.75 Å². The van der Waals surface area contributed by atoms with Gasteiger partial charge in [-0.2, -0.15) is 0 Å². The molecule has 0 unspecified atom stereocenters. The van der Waals surface area contributed by atoms with Gasteiger partial charge >= 0.3 is 0 Å². The quantitative estimate of drug-likeness (QED) is 0.740. The normalized spacial score (nSPS) is 10.4. The van der Waals surface area contributed by atoms with Crippen molar-refractivity contribution in [1.82, 2.24) is 0 Å². The molecule has 4 heteroatoms. The summed E-state index contributed by atoms with van der Waals surface area (Å²) in [6, 6.07) is 12.2. The third-order valence-corrected chi connectivity index (χ3v) is 3.69. The van der Waals surface area contributed by atoms with Crippen molar-refractivity contribution in [2.45, 2.75) is 11.5 Å². The third kappa shape index (κ3) is 3.50. The van der Waals surface area contributed by atoms with Gasteiger partial charge in [-0.1, -0.05) is 28.1 Å². The molecule has 0 fully saturated rings. The van der Waals surface area contributed by atoms with E-state index in [1.807, 2.05) is 24.5 Å². The monoisotopic (exact) mass is 326 g/mol. The van der Waals surface area contributed by atoms with Crippen LogP contribution in [0.25, 0.3) is 0 Å². The topological polar surface area (TPSA) is 9.23 Å². The highest BCUT2D eigenvalue weighted by atomic mass is 79.9. The SMILES string of the molecule is CSc1cc(Br)ccc1OCc1ccc(F)cc1. The van der Waals surface area contributed by atoms with Crippen molar-refractivity contribution in [1.29, 1.82) is 0 Å². The van der Waals surface area contributed by atoms with Gasteiger partial charge in [-0.05, 0) is 42.2 Å². The van der Waals surface area contributed by atoms with Gasteiger partial charge in [0.15, 0.2) is 0 Å². The van der Waals surface area contributed by atoms with Crippen molar-refractivity contribution < 1.29 is 9.13 Å². The molecule has 0 saturated heterocycles. The summed E-state index contributed by atoms with van der Waals surface area (Å²) in [5, 5.41) is 0. The Balaban J connectivity index is 2.08. The lowest BCUT2D eigenvalue weighted by Gasteiger charge is -2.10. The van der Waals surface area contributed by atoms with Crippen LogP contribution in [-0.4, -0.2) is 6.26 Å². The molecule has 2 aromatic rings. The van der Waals surface area contributed by atoms with E-state index in [4.69, 9.17) is 4.74 Å². The number of hydrogen-bond acceptors (Lipinski definition) is 2. The summed E-state index contributed by atoms with van der Waals surface area (Å²) in [5.41, 5.74) is 0.950. The Morgan fingerprint density at radius 1 is 1.17 bits per heavy atom. The fourth-order valence-corrected chi connectivity index (χ4v) is 2.59. The summed E-state index contributed by atoms with van der Waals surface area (Å²) in [7, 11) is 0. The van der Waals surface area contributed by atoms with Crippen LogP contribution in [0.5, 0.6) is 5.75 Å². The maximum Gasteiger partial charge on any atom is 0.133 e. The number of halogens is 2. The van der Waals surface area contributed by atoms with Gasteiger partial charge in [0.25, 0.3) is 0 Å². The van der Waals surface area contributed by atoms with E-state index in [0.717, 1.165) is 20.7 Å². The number of rotatable bonds is 4. The van der Waals surface area contributed by atoms with Gasteiger partial charge in [-0.15, -0.1) is 11.8 Å². The predicted molar refractivity (Wildman–Crippen MR) is 76.7 cm³/mol. The number of hydrogen-bond donors (Lipinski definition) is 0. The van der Waals surface area contributed by atoms with Crippen LogP contribution < -0.4 is 4.74 Å². The summed E-state index contributed by atoms with van der Waals surface area (Å²) in [6.45, 7) is 0.440. The summed E-state index contributed by atoms with van der Waals surface area (Å²) < 4.78 is 19.5. The van der Waals surface area contributed by atoms with Crippen LogP contribution in [0.15, 0.2) is 51.8 Å². The smallest absolute Gasteiger partial charge is 0.133 e. The van der Waals surface area contributed by atoms with Crippen molar-refractivity contribution in [3.05, 3.63) is 58.3 Å². The van der Waals surface area contributed by atoms with E-state index in [1.165, 1.54) is 12.1 Å². The maximum atomic E-state index is 12.8. The first-order valence-corrected chi connectivity index (χ1v) is 7.41. The number of thioether (sulfide) groups is 1. The molecule has 0 bridgehead atoms. The third-order valence-electron chi connectivity index (χ3n) is 2.43. The molecule has 0 aromatic heterocycles. The molecule has 0 N–H and O–H groups in total. The van der Waals surface area contributed by atoms with Crippen LogP contribution in [0.2, 0.25) is 0 Å². The lowest BCUT2D eigenvalue weighted by atomic mass is 10.2. The molecular weight excluding hydrogens is 315 g/mol. The Morgan fingerprint density at radius 2 is 1.89 bits per heavy atom. The Hall–Kier alpha value is -1.00. The number of benzene rings is 2. The van der Waals surface area contributed by atoms with Crippen LogP contribution in [0, 0.1) is 5.82 Å². The average molecular weight is 327 g/mol. The molecule has 2 rings (SSSR count). The zero-order valence-electron chi connectivity index (χ0n) is 9.82. The highest BCUT2D eigenvalue weighted by Crippen LogP contribution is 2.31. The maximum absolute atomic E-state index is 12.8. The van der Waals surface area contributed by atoms with Crippen molar-refractivity contribution in [2.24, 2.45) is 0 Å². The first kappa shape index (κ1) is 13.4. The molecule has 2 aromatic carbocycles. The zero-order chi connectivity index (χ0) is 13.0. The fraction of sp³-hybridized carbons (Fsp3) is 0.143. The molecule has 0 spiro atoms. The summed E-state index contributed by atoms with van der Waals surface area (Å²) >= 11 is 5.06. The molecule has 0 amide bonds. The van der Waals surface area contributed by atoms with Gasteiger partial charge in [0.05, 0.1) is 4.90 Å². The van der Waals surface area contributed by atoms with Gasteiger partial charge in [0.2, 0.25) is 0 Å². The van der Waals surface area contributed by atoms with Crippen LogP contribution >= 0.6 is 27.7 Å².